The maximum Gasteiger partial charge on any atom is 0.433 e. The van der Waals surface area contributed by atoms with Crippen molar-refractivity contribution >= 4 is 23.7 Å². The van der Waals surface area contributed by atoms with E-state index >= 15 is 0 Å². The molecule has 0 fully saturated rings. The van der Waals surface area contributed by atoms with Gasteiger partial charge < -0.3 is 4.42 Å². The number of hydrogen-bond donors (Lipinski definition) is 0. The first-order valence-electron chi connectivity index (χ1n) is 7.23. The van der Waals surface area contributed by atoms with Gasteiger partial charge in [0.25, 0.3) is 0 Å². The van der Waals surface area contributed by atoms with Crippen LogP contribution in [0.3, 0.4) is 0 Å². The smallest absolute Gasteiger partial charge is 0.401 e. The molecule has 0 aliphatic heterocycles. The number of aromatic nitrogens is 2. The van der Waals surface area contributed by atoms with Crippen LogP contribution in [0.4, 0.5) is 5.88 Å². The van der Waals surface area contributed by atoms with Crippen molar-refractivity contribution in [3.63, 3.8) is 0 Å². The predicted octanol–water partition coefficient (Wildman–Crippen LogP) is 4.75. The molecule has 0 spiro atoms. The average Bonchev–Trinajstić information content (AvgIpc) is 3.19. The second-order valence-electron chi connectivity index (χ2n) is 5.20. The molecule has 0 bridgehead atoms. The van der Waals surface area contributed by atoms with E-state index in [1.54, 1.807) is 23.7 Å². The standard InChI is InChI=1S/C17H15N3O3S/c1-12-3-4-14(11-13(12)2)19-9-8-18-17(19)24-10-7-15-5-6-16(23-15)20(21)22/h3-11H,1-2H3/b10-7+. The minimum atomic E-state index is -0.559. The first-order chi connectivity index (χ1) is 11.5. The average molecular weight is 341 g/mol. The fourth-order valence-corrected chi connectivity index (χ4v) is 2.87. The summed E-state index contributed by atoms with van der Waals surface area (Å²) in [5.74, 6) is 0.162. The van der Waals surface area contributed by atoms with Gasteiger partial charge in [0.1, 0.15) is 10.7 Å². The summed E-state index contributed by atoms with van der Waals surface area (Å²) in [4.78, 5) is 14.4. The molecule has 122 valence electrons. The maximum absolute atomic E-state index is 10.6. The summed E-state index contributed by atoms with van der Waals surface area (Å²) in [6.45, 7) is 4.15. The van der Waals surface area contributed by atoms with Gasteiger partial charge in [-0.15, -0.1) is 0 Å². The third kappa shape index (κ3) is 3.41. The molecule has 3 rings (SSSR count). The fraction of sp³-hybridized carbons (Fsp3) is 0.118. The predicted molar refractivity (Wildman–Crippen MR) is 93.3 cm³/mol. The molecule has 2 heterocycles. The molecular weight excluding hydrogens is 326 g/mol. The highest BCUT2D eigenvalue weighted by Gasteiger charge is 2.10. The van der Waals surface area contributed by atoms with Gasteiger partial charge in [0, 0.05) is 18.1 Å². The number of imidazole rings is 1. The number of nitro groups is 1. The lowest BCUT2D eigenvalue weighted by atomic mass is 10.1. The Morgan fingerprint density at radius 3 is 2.79 bits per heavy atom. The van der Waals surface area contributed by atoms with Crippen molar-refractivity contribution in [3.05, 3.63) is 75.1 Å². The van der Waals surface area contributed by atoms with Crippen molar-refractivity contribution in [2.45, 2.75) is 19.0 Å². The normalized spacial score (nSPS) is 11.2. The number of rotatable bonds is 5. The molecule has 0 radical (unpaired) electrons. The minimum absolute atomic E-state index is 0.267. The van der Waals surface area contributed by atoms with Crippen molar-refractivity contribution in [1.29, 1.82) is 0 Å². The van der Waals surface area contributed by atoms with E-state index in [4.69, 9.17) is 4.42 Å². The zero-order valence-corrected chi connectivity index (χ0v) is 14.0. The molecule has 1 aromatic carbocycles. The molecule has 7 heteroatoms. The third-order valence-electron chi connectivity index (χ3n) is 3.57. The van der Waals surface area contributed by atoms with Crippen molar-refractivity contribution in [2.24, 2.45) is 0 Å². The Balaban J connectivity index is 1.76. The van der Waals surface area contributed by atoms with Crippen LogP contribution >= 0.6 is 11.8 Å². The van der Waals surface area contributed by atoms with E-state index in [1.807, 2.05) is 16.8 Å². The fourth-order valence-electron chi connectivity index (χ4n) is 2.14. The van der Waals surface area contributed by atoms with E-state index in [1.165, 1.54) is 29.0 Å². The number of hydrogen-bond acceptors (Lipinski definition) is 5. The molecule has 0 amide bonds. The summed E-state index contributed by atoms with van der Waals surface area (Å²) < 4.78 is 7.07. The van der Waals surface area contributed by atoms with E-state index in [2.05, 4.69) is 31.0 Å². The summed E-state index contributed by atoms with van der Waals surface area (Å²) >= 11 is 1.41. The summed E-state index contributed by atoms with van der Waals surface area (Å²) in [5.41, 5.74) is 3.50. The van der Waals surface area contributed by atoms with Gasteiger partial charge in [0.15, 0.2) is 5.16 Å². The van der Waals surface area contributed by atoms with Crippen LogP contribution in [0.25, 0.3) is 11.8 Å². The van der Waals surface area contributed by atoms with Gasteiger partial charge in [-0.1, -0.05) is 17.8 Å². The zero-order chi connectivity index (χ0) is 17.1. The minimum Gasteiger partial charge on any atom is -0.401 e. The first kappa shape index (κ1) is 16.1. The first-order valence-corrected chi connectivity index (χ1v) is 8.11. The third-order valence-corrected chi connectivity index (χ3v) is 4.36. The van der Waals surface area contributed by atoms with Gasteiger partial charge in [0.05, 0.1) is 6.07 Å². The van der Waals surface area contributed by atoms with Crippen LogP contribution in [-0.2, 0) is 0 Å². The monoisotopic (exact) mass is 341 g/mol. The molecule has 24 heavy (non-hydrogen) atoms. The lowest BCUT2D eigenvalue weighted by Gasteiger charge is -2.08. The quantitative estimate of drug-likeness (QED) is 0.380. The Morgan fingerprint density at radius 2 is 2.08 bits per heavy atom. The van der Waals surface area contributed by atoms with Crippen LogP contribution in [0.2, 0.25) is 0 Å². The summed E-state index contributed by atoms with van der Waals surface area (Å²) in [7, 11) is 0. The molecule has 3 aromatic rings. The van der Waals surface area contributed by atoms with E-state index in [9.17, 15) is 10.1 Å². The summed E-state index contributed by atoms with van der Waals surface area (Å²) in [6.07, 6.45) is 5.32. The summed E-state index contributed by atoms with van der Waals surface area (Å²) in [6, 6.07) is 9.14. The second kappa shape index (κ2) is 6.76. The number of benzene rings is 1. The lowest BCUT2D eigenvalue weighted by molar-refractivity contribution is -0.402. The molecule has 2 aromatic heterocycles. The van der Waals surface area contributed by atoms with Crippen molar-refractivity contribution in [3.8, 4) is 5.69 Å². The molecule has 0 aliphatic rings. The van der Waals surface area contributed by atoms with Crippen LogP contribution in [0, 0.1) is 24.0 Å². The molecule has 6 nitrogen and oxygen atoms in total. The van der Waals surface area contributed by atoms with E-state index in [0.717, 1.165) is 10.8 Å². The number of thioether (sulfide) groups is 1. The highest BCUT2D eigenvalue weighted by molar-refractivity contribution is 8.02. The number of aryl methyl sites for hydroxylation is 2. The van der Waals surface area contributed by atoms with E-state index < -0.39 is 4.92 Å². The van der Waals surface area contributed by atoms with Gasteiger partial charge in [-0.25, -0.2) is 4.98 Å². The van der Waals surface area contributed by atoms with Crippen molar-refractivity contribution < 1.29 is 9.34 Å². The summed E-state index contributed by atoms with van der Waals surface area (Å²) in [5, 5.41) is 13.2. The zero-order valence-electron chi connectivity index (χ0n) is 13.2. The van der Waals surface area contributed by atoms with Crippen LogP contribution in [-0.4, -0.2) is 14.5 Å². The van der Waals surface area contributed by atoms with Gasteiger partial charge in [-0.05, 0) is 54.7 Å². The van der Waals surface area contributed by atoms with Crippen molar-refractivity contribution in [2.75, 3.05) is 0 Å². The number of nitrogens with zero attached hydrogens (tertiary/aromatic N) is 3. The topological polar surface area (TPSA) is 74.1 Å². The molecular formula is C17H15N3O3S. The van der Waals surface area contributed by atoms with Crippen LogP contribution < -0.4 is 0 Å². The lowest BCUT2D eigenvalue weighted by Crippen LogP contribution is -1.95. The van der Waals surface area contributed by atoms with Gasteiger partial charge in [-0.3, -0.25) is 14.7 Å². The van der Waals surface area contributed by atoms with Crippen molar-refractivity contribution in [1.82, 2.24) is 9.55 Å². The van der Waals surface area contributed by atoms with Crippen LogP contribution in [0.15, 0.2) is 57.7 Å². The molecule has 0 atom stereocenters. The Kier molecular flexibility index (Phi) is 4.52. The van der Waals surface area contributed by atoms with E-state index in [-0.39, 0.29) is 5.88 Å². The number of furan rings is 1. The Hall–Kier alpha value is -2.80. The van der Waals surface area contributed by atoms with Crippen LogP contribution in [0.5, 0.6) is 0 Å². The molecule has 0 aliphatic carbocycles. The van der Waals surface area contributed by atoms with E-state index in [0.29, 0.717) is 5.76 Å². The highest BCUT2D eigenvalue weighted by Crippen LogP contribution is 2.24. The highest BCUT2D eigenvalue weighted by atomic mass is 32.2. The Labute approximate surface area is 143 Å². The molecule has 0 unspecified atom stereocenters. The molecule has 0 N–H and O–H groups in total. The maximum atomic E-state index is 10.6. The molecule has 0 saturated heterocycles. The largest absolute Gasteiger partial charge is 0.433 e. The van der Waals surface area contributed by atoms with Gasteiger partial charge >= 0.3 is 5.88 Å². The Bertz CT molecular complexity index is 911. The molecule has 0 saturated carbocycles. The second-order valence-corrected chi connectivity index (χ2v) is 6.08. The SMILES string of the molecule is Cc1ccc(-n2ccnc2S/C=C/c2ccc([N+](=O)[O-])o2)cc1C. The Morgan fingerprint density at radius 1 is 1.25 bits per heavy atom. The van der Waals surface area contributed by atoms with Crippen LogP contribution in [0.1, 0.15) is 16.9 Å². The van der Waals surface area contributed by atoms with Gasteiger partial charge in [0.2, 0.25) is 0 Å². The van der Waals surface area contributed by atoms with Gasteiger partial charge in [-0.2, -0.15) is 0 Å².